The molecule has 23 nitrogen and oxygen atoms in total. The number of aliphatic hydroxyl groups excluding tert-OH is 1. The monoisotopic (exact) mass is 837 g/mol. The summed E-state index contributed by atoms with van der Waals surface area (Å²) >= 11 is 0. The third-order valence-electron chi connectivity index (χ3n) is 7.76. The van der Waals surface area contributed by atoms with E-state index in [2.05, 4.69) is 81.2 Å². The second kappa shape index (κ2) is 21.1. The highest BCUT2D eigenvalue weighted by Crippen LogP contribution is 2.66. The van der Waals surface area contributed by atoms with E-state index in [4.69, 9.17) is 20.3 Å². The lowest BCUT2D eigenvalue weighted by Gasteiger charge is -2.19. The van der Waals surface area contributed by atoms with Gasteiger partial charge in [0.05, 0.1) is 36.5 Å². The number of hydrogen-bond acceptors (Lipinski definition) is 15. The summed E-state index contributed by atoms with van der Waals surface area (Å²) in [5, 5.41) is 16.1. The van der Waals surface area contributed by atoms with E-state index < -0.39 is 54.4 Å². The van der Waals surface area contributed by atoms with Crippen LogP contribution in [0, 0.1) is 11.8 Å². The number of rotatable bonds is 18. The summed E-state index contributed by atoms with van der Waals surface area (Å²) in [6.45, 7) is 9.58. The number of H-pyrrole nitrogens is 1. The Morgan fingerprint density at radius 3 is 2.33 bits per heavy atom. The molecule has 1 fully saturated rings. The Balaban J connectivity index is 0.00000106. The number of hydrogen-bond donors (Lipinski definition) is 9. The molecule has 3 aromatic heterocycles. The summed E-state index contributed by atoms with van der Waals surface area (Å²) in [5.74, 6) is 5.02. The van der Waals surface area contributed by atoms with Crippen LogP contribution in [0.1, 0.15) is 57.5 Å². The van der Waals surface area contributed by atoms with Crippen LogP contribution < -0.4 is 16.4 Å². The Labute approximate surface area is 315 Å². The van der Waals surface area contributed by atoms with E-state index in [1.807, 2.05) is 0 Å². The van der Waals surface area contributed by atoms with Gasteiger partial charge in [0, 0.05) is 50.3 Å². The number of carbonyl (C=O) groups is 2. The minimum Gasteiger partial charge on any atom is -0.390 e. The van der Waals surface area contributed by atoms with Crippen molar-refractivity contribution in [2.45, 2.75) is 64.9 Å². The highest BCUT2D eigenvalue weighted by atomic mass is 31.3. The van der Waals surface area contributed by atoms with Crippen molar-refractivity contribution in [2.75, 3.05) is 45.1 Å². The van der Waals surface area contributed by atoms with Crippen LogP contribution in [0.5, 0.6) is 0 Å². The van der Waals surface area contributed by atoms with Gasteiger partial charge in [-0.05, 0) is 19.6 Å². The highest BCUT2D eigenvalue weighted by molar-refractivity contribution is 7.66. The van der Waals surface area contributed by atoms with Crippen LogP contribution >= 0.6 is 23.5 Å². The summed E-state index contributed by atoms with van der Waals surface area (Å²) in [6, 6.07) is 0. The molecule has 10 N–H and O–H groups in total. The molecule has 1 saturated heterocycles. The second-order valence-electron chi connectivity index (χ2n) is 11.6. The van der Waals surface area contributed by atoms with Crippen LogP contribution in [0.4, 0.5) is 5.82 Å². The first-order chi connectivity index (χ1) is 25.9. The van der Waals surface area contributed by atoms with Crippen molar-refractivity contribution in [3.8, 4) is 11.8 Å². The predicted molar refractivity (Wildman–Crippen MR) is 194 cm³/mol. The molecule has 55 heavy (non-hydrogen) atoms. The third-order valence-corrected chi connectivity index (χ3v) is 11.6. The number of phosphoric acid groups is 3. The number of nitrogens with zero attached hydrogens (tertiary/aromatic N) is 5. The average Bonchev–Trinajstić information content (AvgIpc) is 3.84. The average molecular weight is 838 g/mol. The number of phosphoric ester groups is 1. The summed E-state index contributed by atoms with van der Waals surface area (Å²) < 4.78 is 53.5. The molecule has 2 unspecified atom stereocenters. The van der Waals surface area contributed by atoms with Crippen molar-refractivity contribution in [2.24, 2.45) is 0 Å². The largest absolute Gasteiger partial charge is 0.490 e. The first-order valence-electron chi connectivity index (χ1n) is 16.8. The number of amides is 2. The van der Waals surface area contributed by atoms with Gasteiger partial charge in [-0.1, -0.05) is 32.6 Å². The number of aromatic nitrogens is 5. The van der Waals surface area contributed by atoms with Crippen LogP contribution in [-0.2, 0) is 47.6 Å². The van der Waals surface area contributed by atoms with Crippen LogP contribution in [0.3, 0.4) is 0 Å². The minimum absolute atomic E-state index is 0.0149. The highest BCUT2D eigenvalue weighted by Gasteiger charge is 2.43. The van der Waals surface area contributed by atoms with Gasteiger partial charge in [0.15, 0.2) is 0 Å². The Hall–Kier alpha value is -3.58. The zero-order valence-corrected chi connectivity index (χ0v) is 32.9. The Morgan fingerprint density at radius 1 is 1.05 bits per heavy atom. The quantitative estimate of drug-likeness (QED) is 0.0628. The van der Waals surface area contributed by atoms with Crippen molar-refractivity contribution >= 4 is 52.1 Å². The first kappa shape index (κ1) is 45.8. The Bertz CT molecular complexity index is 1920. The van der Waals surface area contributed by atoms with Gasteiger partial charge in [0.25, 0.3) is 0 Å². The van der Waals surface area contributed by atoms with Gasteiger partial charge >= 0.3 is 23.5 Å². The number of fused-ring (bicyclic) bond motifs is 1. The molecule has 3 aromatic rings. The van der Waals surface area contributed by atoms with Gasteiger partial charge < -0.3 is 60.2 Å². The SMILES string of the molecule is CCN(CC)CC.Nc1ncnc2c1c(C#CCNC(=O)CCC(=O)NCCc1cnc[nH]1)cn2[C@H]1C[C@H](O)[C@@H](COP(=O)(O)OP(=O)(O)OP(=O)(O)O)O1. The lowest BCUT2D eigenvalue weighted by atomic mass is 10.2. The number of aromatic amines is 1. The fourth-order valence-electron chi connectivity index (χ4n) is 5.04. The van der Waals surface area contributed by atoms with E-state index in [1.54, 1.807) is 6.20 Å². The van der Waals surface area contributed by atoms with E-state index in [-0.39, 0.29) is 43.2 Å². The van der Waals surface area contributed by atoms with Crippen molar-refractivity contribution in [3.05, 3.63) is 36.3 Å². The molecule has 0 radical (unpaired) electrons. The molecule has 0 spiro atoms. The number of anilines is 1. The van der Waals surface area contributed by atoms with E-state index in [9.17, 15) is 38.2 Å². The molecule has 4 heterocycles. The van der Waals surface area contributed by atoms with Gasteiger partial charge in [0.1, 0.15) is 30.1 Å². The lowest BCUT2D eigenvalue weighted by molar-refractivity contribution is -0.126. The fourth-order valence-corrected chi connectivity index (χ4v) is 8.07. The maximum absolute atomic E-state index is 12.2. The topological polar surface area (TPSA) is 336 Å². The normalized spacial score (nSPS) is 19.1. The molecule has 1 aliphatic rings. The number of imidazole rings is 1. The Kier molecular flexibility index (Phi) is 17.6. The standard InChI is InChI=1S/C23H31N8O14P3.C6H15N/c24-22-21-14(2-1-6-26-18(33)3-4-19(34)27-7-5-15-9-25-12-28-15)10-31(23(21)30-13-29-22)20-8-16(32)17(43-20)11-42-47(38,39)45-48(40,41)44-46(35,36)37;1-4-7(5-2)6-3/h9-10,12-13,16-17,20,32H,3-8,11H2,(H,25,28)(H,26,33)(H,27,34)(H,38,39)(H,40,41)(H2,24,29,30)(H2,35,36,37);4-6H2,1-3H3/t16-,17+,20+;/m0./s1. The molecule has 5 atom stereocenters. The fraction of sp³-hybridized carbons (Fsp3) is 0.552. The number of carbonyl (C=O) groups excluding carboxylic acids is 2. The lowest BCUT2D eigenvalue weighted by Crippen LogP contribution is -2.29. The number of nitrogens with one attached hydrogen (secondary N) is 3. The van der Waals surface area contributed by atoms with Gasteiger partial charge in [-0.15, -0.1) is 0 Å². The molecule has 1 aliphatic heterocycles. The first-order valence-corrected chi connectivity index (χ1v) is 21.3. The zero-order valence-electron chi connectivity index (χ0n) is 30.2. The smallest absolute Gasteiger partial charge is 0.390 e. The molecule has 0 saturated carbocycles. The maximum atomic E-state index is 12.2. The maximum Gasteiger partial charge on any atom is 0.490 e. The van der Waals surface area contributed by atoms with Crippen LogP contribution in [0.25, 0.3) is 11.0 Å². The molecule has 0 bridgehead atoms. The van der Waals surface area contributed by atoms with Gasteiger partial charge in [-0.3, -0.25) is 14.1 Å². The van der Waals surface area contributed by atoms with E-state index in [0.717, 1.165) is 5.69 Å². The summed E-state index contributed by atoms with van der Waals surface area (Å²) in [4.78, 5) is 77.8. The number of nitrogens with two attached hydrogens (primary N) is 1. The van der Waals surface area contributed by atoms with E-state index in [1.165, 1.54) is 43.1 Å². The zero-order chi connectivity index (χ0) is 40.8. The summed E-state index contributed by atoms with van der Waals surface area (Å²) in [7, 11) is -16.7. The third kappa shape index (κ3) is 15.5. The van der Waals surface area contributed by atoms with Crippen LogP contribution in [0.2, 0.25) is 0 Å². The van der Waals surface area contributed by atoms with Gasteiger partial charge in [0.2, 0.25) is 11.8 Å². The van der Waals surface area contributed by atoms with E-state index in [0.29, 0.717) is 23.9 Å². The molecule has 26 heteroatoms. The number of nitrogen functional groups attached to an aromatic ring is 1. The molecule has 0 aromatic carbocycles. The summed E-state index contributed by atoms with van der Waals surface area (Å²) in [5.41, 5.74) is 7.52. The number of ether oxygens (including phenoxy) is 1. The van der Waals surface area contributed by atoms with Gasteiger partial charge in [-0.2, -0.15) is 8.62 Å². The predicted octanol–water partition coefficient (Wildman–Crippen LogP) is 0.683. The summed E-state index contributed by atoms with van der Waals surface area (Å²) in [6.07, 6.45) is 2.72. The van der Waals surface area contributed by atoms with Crippen LogP contribution in [-0.4, -0.2) is 117 Å². The van der Waals surface area contributed by atoms with Crippen molar-refractivity contribution < 1.29 is 65.8 Å². The molecule has 4 rings (SSSR count). The van der Waals surface area contributed by atoms with Gasteiger partial charge in [-0.25, -0.2) is 28.6 Å². The minimum atomic E-state index is -5.73. The molecular weight excluding hydrogens is 791 g/mol. The van der Waals surface area contributed by atoms with Crippen molar-refractivity contribution in [1.29, 1.82) is 0 Å². The second-order valence-corrected chi connectivity index (χ2v) is 16.0. The molecule has 2 amide bonds. The van der Waals surface area contributed by atoms with Crippen molar-refractivity contribution in [3.63, 3.8) is 0 Å². The molecular formula is C29H46N9O14P3. The molecule has 306 valence electrons. The molecule has 0 aliphatic carbocycles. The van der Waals surface area contributed by atoms with Crippen molar-refractivity contribution in [1.82, 2.24) is 40.0 Å². The van der Waals surface area contributed by atoms with E-state index >= 15 is 0 Å². The Morgan fingerprint density at radius 2 is 1.73 bits per heavy atom. The van der Waals surface area contributed by atoms with Crippen LogP contribution in [0.15, 0.2) is 25.0 Å². The number of aliphatic hydroxyl groups is 1.